The highest BCUT2D eigenvalue weighted by Gasteiger charge is 2.45. The third kappa shape index (κ3) is 2.66. The molecule has 2 aromatic rings. The quantitative estimate of drug-likeness (QED) is 0.803. The summed E-state index contributed by atoms with van der Waals surface area (Å²) in [6.07, 6.45) is 2.72. The van der Waals surface area contributed by atoms with Crippen LogP contribution in [-0.2, 0) is 0 Å². The number of nitrogens with one attached hydrogen (secondary N) is 1. The molecular weight excluding hydrogens is 314 g/mol. The summed E-state index contributed by atoms with van der Waals surface area (Å²) in [5, 5.41) is 4.81. The smallest absolute Gasteiger partial charge is 0.134 e. The van der Waals surface area contributed by atoms with E-state index in [0.29, 0.717) is 5.41 Å². The summed E-state index contributed by atoms with van der Waals surface area (Å²) in [7, 11) is 0. The van der Waals surface area contributed by atoms with E-state index in [1.165, 1.54) is 12.8 Å². The predicted molar refractivity (Wildman–Crippen MR) is 86.8 cm³/mol. The number of furan rings is 1. The third-order valence-corrected chi connectivity index (χ3v) is 5.29. The number of hydrogen-bond donors (Lipinski definition) is 1. The molecule has 1 fully saturated rings. The van der Waals surface area contributed by atoms with Gasteiger partial charge in [0.25, 0.3) is 0 Å². The summed E-state index contributed by atoms with van der Waals surface area (Å²) >= 11 is 3.50. The van der Waals surface area contributed by atoms with Gasteiger partial charge in [-0.2, -0.15) is 0 Å². The van der Waals surface area contributed by atoms with Gasteiger partial charge in [-0.1, -0.05) is 29.8 Å². The van der Waals surface area contributed by atoms with Crippen LogP contribution in [0.15, 0.2) is 33.2 Å². The van der Waals surface area contributed by atoms with Crippen molar-refractivity contribution in [3.05, 3.63) is 34.5 Å². The van der Waals surface area contributed by atoms with Crippen molar-refractivity contribution in [1.82, 2.24) is 5.32 Å². The van der Waals surface area contributed by atoms with Crippen molar-refractivity contribution in [2.45, 2.75) is 39.7 Å². The minimum Gasteiger partial charge on any atom is -0.459 e. The SMILES string of the molecule is CC(NCC1(C(C)C)CC1)c1cc2cc(Br)ccc2o1. The van der Waals surface area contributed by atoms with Crippen molar-refractivity contribution in [2.24, 2.45) is 11.3 Å². The topological polar surface area (TPSA) is 25.2 Å². The minimum absolute atomic E-state index is 0.261. The normalized spacial score (nSPS) is 18.6. The second-order valence-corrected chi connectivity index (χ2v) is 7.37. The fourth-order valence-electron chi connectivity index (χ4n) is 2.82. The first kappa shape index (κ1) is 14.2. The predicted octanol–water partition coefficient (Wildman–Crippen LogP) is 5.28. The highest BCUT2D eigenvalue weighted by atomic mass is 79.9. The Morgan fingerprint density at radius 1 is 1.25 bits per heavy atom. The molecular formula is C17H22BrNO. The van der Waals surface area contributed by atoms with Crippen LogP contribution in [0.25, 0.3) is 11.0 Å². The van der Waals surface area contributed by atoms with Gasteiger partial charge in [-0.3, -0.25) is 0 Å². The van der Waals surface area contributed by atoms with Crippen LogP contribution >= 0.6 is 15.9 Å². The van der Waals surface area contributed by atoms with Crippen molar-refractivity contribution in [1.29, 1.82) is 0 Å². The summed E-state index contributed by atoms with van der Waals surface area (Å²) in [5.41, 5.74) is 1.49. The van der Waals surface area contributed by atoms with Gasteiger partial charge in [-0.05, 0) is 55.4 Å². The molecule has 1 saturated carbocycles. The zero-order valence-corrected chi connectivity index (χ0v) is 14.0. The summed E-state index contributed by atoms with van der Waals surface area (Å²) in [6.45, 7) is 7.94. The Balaban J connectivity index is 1.71. The Kier molecular flexibility index (Phi) is 3.67. The molecule has 2 nitrogen and oxygen atoms in total. The van der Waals surface area contributed by atoms with Crippen LogP contribution in [0.5, 0.6) is 0 Å². The molecule has 0 radical (unpaired) electrons. The number of hydrogen-bond acceptors (Lipinski definition) is 2. The van der Waals surface area contributed by atoms with E-state index in [-0.39, 0.29) is 6.04 Å². The molecule has 1 aromatic carbocycles. The summed E-state index contributed by atoms with van der Waals surface area (Å²) in [6, 6.07) is 8.55. The summed E-state index contributed by atoms with van der Waals surface area (Å²) < 4.78 is 7.04. The summed E-state index contributed by atoms with van der Waals surface area (Å²) in [5.74, 6) is 1.78. The molecule has 20 heavy (non-hydrogen) atoms. The lowest BCUT2D eigenvalue weighted by molar-refractivity contribution is 0.315. The highest BCUT2D eigenvalue weighted by molar-refractivity contribution is 9.10. The lowest BCUT2D eigenvalue weighted by atomic mass is 9.92. The molecule has 1 heterocycles. The molecule has 0 aliphatic heterocycles. The van der Waals surface area contributed by atoms with Gasteiger partial charge in [0.1, 0.15) is 11.3 Å². The molecule has 0 saturated heterocycles. The van der Waals surface area contributed by atoms with Gasteiger partial charge in [0.05, 0.1) is 6.04 Å². The lowest BCUT2D eigenvalue weighted by Gasteiger charge is -2.22. The van der Waals surface area contributed by atoms with Crippen molar-refractivity contribution in [2.75, 3.05) is 6.54 Å². The van der Waals surface area contributed by atoms with Gasteiger partial charge in [0, 0.05) is 16.4 Å². The monoisotopic (exact) mass is 335 g/mol. The van der Waals surface area contributed by atoms with Crippen LogP contribution in [0.2, 0.25) is 0 Å². The molecule has 1 N–H and O–H groups in total. The summed E-state index contributed by atoms with van der Waals surface area (Å²) in [4.78, 5) is 0. The fraction of sp³-hybridized carbons (Fsp3) is 0.529. The van der Waals surface area contributed by atoms with Crippen molar-refractivity contribution in [3.63, 3.8) is 0 Å². The first-order valence-electron chi connectivity index (χ1n) is 7.42. The van der Waals surface area contributed by atoms with Gasteiger partial charge >= 0.3 is 0 Å². The van der Waals surface area contributed by atoms with Gasteiger partial charge < -0.3 is 9.73 Å². The first-order valence-corrected chi connectivity index (χ1v) is 8.22. The zero-order valence-electron chi connectivity index (χ0n) is 12.4. The number of fused-ring (bicyclic) bond motifs is 1. The van der Waals surface area contributed by atoms with E-state index in [2.05, 4.69) is 54.2 Å². The van der Waals surface area contributed by atoms with Crippen LogP contribution < -0.4 is 5.32 Å². The second kappa shape index (κ2) is 5.19. The molecule has 3 heteroatoms. The first-order chi connectivity index (χ1) is 9.50. The van der Waals surface area contributed by atoms with E-state index < -0.39 is 0 Å². The second-order valence-electron chi connectivity index (χ2n) is 6.45. The molecule has 1 unspecified atom stereocenters. The maximum atomic E-state index is 5.95. The van der Waals surface area contributed by atoms with Gasteiger partial charge in [-0.25, -0.2) is 0 Å². The molecule has 1 atom stereocenters. The van der Waals surface area contributed by atoms with E-state index in [0.717, 1.165) is 33.7 Å². The van der Waals surface area contributed by atoms with Crippen LogP contribution in [0, 0.1) is 11.3 Å². The van der Waals surface area contributed by atoms with E-state index >= 15 is 0 Å². The number of rotatable bonds is 5. The molecule has 3 rings (SSSR count). The molecule has 0 amide bonds. The molecule has 1 aromatic heterocycles. The van der Waals surface area contributed by atoms with Crippen molar-refractivity contribution in [3.8, 4) is 0 Å². The fourth-order valence-corrected chi connectivity index (χ4v) is 3.20. The molecule has 0 bridgehead atoms. The Morgan fingerprint density at radius 2 is 2.00 bits per heavy atom. The van der Waals surface area contributed by atoms with Crippen LogP contribution in [-0.4, -0.2) is 6.54 Å². The van der Waals surface area contributed by atoms with Gasteiger partial charge in [0.2, 0.25) is 0 Å². The van der Waals surface area contributed by atoms with E-state index in [1.54, 1.807) is 0 Å². The maximum Gasteiger partial charge on any atom is 0.134 e. The number of benzene rings is 1. The lowest BCUT2D eigenvalue weighted by Crippen LogP contribution is -2.29. The largest absolute Gasteiger partial charge is 0.459 e. The average molecular weight is 336 g/mol. The van der Waals surface area contributed by atoms with Gasteiger partial charge in [0.15, 0.2) is 0 Å². The Morgan fingerprint density at radius 3 is 2.65 bits per heavy atom. The Labute approximate surface area is 129 Å². The molecule has 108 valence electrons. The molecule has 0 spiro atoms. The third-order valence-electron chi connectivity index (χ3n) is 4.80. The van der Waals surface area contributed by atoms with Crippen molar-refractivity contribution >= 4 is 26.9 Å². The maximum absolute atomic E-state index is 5.95. The molecule has 1 aliphatic rings. The van der Waals surface area contributed by atoms with E-state index in [4.69, 9.17) is 4.42 Å². The molecule has 1 aliphatic carbocycles. The van der Waals surface area contributed by atoms with Crippen LogP contribution in [0.1, 0.15) is 45.4 Å². The van der Waals surface area contributed by atoms with E-state index in [9.17, 15) is 0 Å². The van der Waals surface area contributed by atoms with Crippen LogP contribution in [0.4, 0.5) is 0 Å². The van der Waals surface area contributed by atoms with Crippen molar-refractivity contribution < 1.29 is 4.42 Å². The standard InChI is InChI=1S/C17H22BrNO/c1-11(2)17(6-7-17)10-19-12(3)16-9-13-8-14(18)4-5-15(13)20-16/h4-5,8-9,11-12,19H,6-7,10H2,1-3H3. The highest BCUT2D eigenvalue weighted by Crippen LogP contribution is 2.51. The number of halogens is 1. The Bertz CT molecular complexity index is 612. The average Bonchev–Trinajstić information content (AvgIpc) is 3.09. The minimum atomic E-state index is 0.261. The Hall–Kier alpha value is -0.800. The zero-order chi connectivity index (χ0) is 14.3. The van der Waals surface area contributed by atoms with Crippen LogP contribution in [0.3, 0.4) is 0 Å². The van der Waals surface area contributed by atoms with E-state index in [1.807, 2.05) is 12.1 Å². The van der Waals surface area contributed by atoms with Gasteiger partial charge in [-0.15, -0.1) is 0 Å².